The lowest BCUT2D eigenvalue weighted by Gasteiger charge is -2.10. The molecule has 2 aromatic carbocycles. The lowest BCUT2D eigenvalue weighted by atomic mass is 10.0. The summed E-state index contributed by atoms with van der Waals surface area (Å²) in [5, 5.41) is 3.28. The van der Waals surface area contributed by atoms with Gasteiger partial charge in [-0.15, -0.1) is 0 Å². The van der Waals surface area contributed by atoms with Gasteiger partial charge in [0, 0.05) is 23.5 Å². The smallest absolute Gasteiger partial charge is 0.219 e. The molecule has 0 aliphatic carbocycles. The van der Waals surface area contributed by atoms with Crippen LogP contribution in [0, 0.1) is 5.82 Å². The summed E-state index contributed by atoms with van der Waals surface area (Å²) in [5.74, 6) is -0.273. The van der Waals surface area contributed by atoms with Gasteiger partial charge in [-0.25, -0.2) is 23.3 Å². The predicted molar refractivity (Wildman–Crippen MR) is 119 cm³/mol. The molecule has 4 rings (SSSR count). The molecule has 158 valence electrons. The van der Waals surface area contributed by atoms with Crippen molar-refractivity contribution in [3.63, 3.8) is 0 Å². The number of hydrogen-bond acceptors (Lipinski definition) is 5. The number of halogens is 1. The fraction of sp³-hybridized carbons (Fsp3) is 0.273. The first-order chi connectivity index (χ1) is 14.6. The molecule has 1 aromatic heterocycles. The third-order valence-electron chi connectivity index (χ3n) is 4.74. The highest BCUT2D eigenvalue weighted by Gasteiger charge is 2.13. The van der Waals surface area contributed by atoms with E-state index in [-0.39, 0.29) is 5.95 Å². The summed E-state index contributed by atoms with van der Waals surface area (Å²) in [4.78, 5) is 8.35. The maximum atomic E-state index is 14.6. The highest BCUT2D eigenvalue weighted by molar-refractivity contribution is 7.83. The first kappa shape index (κ1) is 22.0. The molecular formula is C22H26FN5OS. The number of nitrogens with two attached hydrogens (primary N) is 1. The number of hydrogen-bond donors (Lipinski definition) is 3. The molecule has 1 unspecified atom stereocenters. The predicted octanol–water partition coefficient (Wildman–Crippen LogP) is 3.53. The number of anilines is 1. The lowest BCUT2D eigenvalue weighted by molar-refractivity contribution is 0.520. The Morgan fingerprint density at radius 2 is 1.70 bits per heavy atom. The zero-order valence-electron chi connectivity index (χ0n) is 16.9. The Labute approximate surface area is 178 Å². The topological polar surface area (TPSA) is 92.9 Å². The number of benzene rings is 2. The Bertz CT molecular complexity index is 982. The molecule has 6 nitrogen and oxygen atoms in total. The van der Waals surface area contributed by atoms with Crippen molar-refractivity contribution in [2.24, 2.45) is 0 Å². The van der Waals surface area contributed by atoms with Crippen LogP contribution >= 0.6 is 0 Å². The van der Waals surface area contributed by atoms with E-state index in [9.17, 15) is 8.60 Å². The van der Waals surface area contributed by atoms with E-state index in [1.54, 1.807) is 31.3 Å². The molecule has 1 aliphatic heterocycles. The summed E-state index contributed by atoms with van der Waals surface area (Å²) in [6, 6.07) is 12.0. The SMILES string of the molecule is C1CCNCC1.CNS(=O)c1ccccc1-c1ccc(-c2cnc(N)nc2)c(F)c1. The minimum absolute atomic E-state index is 0.138. The normalized spacial score (nSPS) is 14.5. The molecule has 0 bridgehead atoms. The first-order valence-electron chi connectivity index (χ1n) is 9.87. The molecule has 30 heavy (non-hydrogen) atoms. The fourth-order valence-corrected chi connectivity index (χ4v) is 3.98. The Morgan fingerprint density at radius 1 is 1.00 bits per heavy atom. The van der Waals surface area contributed by atoms with Crippen molar-refractivity contribution in [1.29, 1.82) is 0 Å². The van der Waals surface area contributed by atoms with Crippen LogP contribution in [0.15, 0.2) is 59.8 Å². The monoisotopic (exact) mass is 427 g/mol. The zero-order chi connectivity index (χ0) is 21.3. The summed E-state index contributed by atoms with van der Waals surface area (Å²) in [5.41, 5.74) is 7.73. The second-order valence-electron chi connectivity index (χ2n) is 6.80. The Kier molecular flexibility index (Phi) is 8.01. The number of nitrogens with one attached hydrogen (secondary N) is 2. The summed E-state index contributed by atoms with van der Waals surface area (Å²) in [7, 11) is 0.249. The summed E-state index contributed by atoms with van der Waals surface area (Å²) < 4.78 is 29.3. The van der Waals surface area contributed by atoms with Crippen molar-refractivity contribution in [2.45, 2.75) is 24.2 Å². The van der Waals surface area contributed by atoms with E-state index in [0.29, 0.717) is 27.1 Å². The average molecular weight is 428 g/mol. The number of nitrogen functional groups attached to an aromatic ring is 1. The third-order valence-corrected chi connectivity index (χ3v) is 5.87. The van der Waals surface area contributed by atoms with Crippen LogP contribution in [0.2, 0.25) is 0 Å². The number of aromatic nitrogens is 2. The van der Waals surface area contributed by atoms with E-state index < -0.39 is 16.8 Å². The van der Waals surface area contributed by atoms with Crippen LogP contribution in [0.4, 0.5) is 10.3 Å². The van der Waals surface area contributed by atoms with Crippen LogP contribution in [0.25, 0.3) is 22.3 Å². The van der Waals surface area contributed by atoms with E-state index in [1.807, 2.05) is 12.1 Å². The molecule has 0 amide bonds. The van der Waals surface area contributed by atoms with Crippen molar-refractivity contribution in [3.05, 3.63) is 60.7 Å². The van der Waals surface area contributed by atoms with Gasteiger partial charge in [0.2, 0.25) is 5.95 Å². The third kappa shape index (κ3) is 5.69. The van der Waals surface area contributed by atoms with Gasteiger partial charge in [-0.2, -0.15) is 0 Å². The van der Waals surface area contributed by atoms with E-state index in [4.69, 9.17) is 5.73 Å². The van der Waals surface area contributed by atoms with Gasteiger partial charge in [0.15, 0.2) is 0 Å². The molecular weight excluding hydrogens is 401 g/mol. The summed E-state index contributed by atoms with van der Waals surface area (Å²) in [6.07, 6.45) is 7.17. The Balaban J connectivity index is 0.000000367. The van der Waals surface area contributed by atoms with Gasteiger partial charge >= 0.3 is 0 Å². The Morgan fingerprint density at radius 3 is 2.27 bits per heavy atom. The minimum atomic E-state index is -1.36. The van der Waals surface area contributed by atoms with Gasteiger partial charge in [0.25, 0.3) is 0 Å². The highest BCUT2D eigenvalue weighted by Crippen LogP contribution is 2.30. The maximum absolute atomic E-state index is 14.6. The number of rotatable bonds is 4. The van der Waals surface area contributed by atoms with Crippen LogP contribution in [0.3, 0.4) is 0 Å². The van der Waals surface area contributed by atoms with E-state index in [0.717, 1.165) is 0 Å². The molecule has 3 aromatic rings. The van der Waals surface area contributed by atoms with Crippen LogP contribution in [-0.2, 0) is 11.0 Å². The molecule has 0 radical (unpaired) electrons. The highest BCUT2D eigenvalue weighted by atomic mass is 32.2. The fourth-order valence-electron chi connectivity index (χ4n) is 3.17. The van der Waals surface area contributed by atoms with Gasteiger partial charge in [-0.1, -0.05) is 36.8 Å². The molecule has 4 N–H and O–H groups in total. The Hall–Kier alpha value is -2.68. The minimum Gasteiger partial charge on any atom is -0.368 e. The van der Waals surface area contributed by atoms with Crippen molar-refractivity contribution >= 4 is 16.9 Å². The summed E-state index contributed by atoms with van der Waals surface area (Å²) in [6.45, 7) is 2.50. The van der Waals surface area contributed by atoms with Gasteiger partial charge in [0.1, 0.15) is 16.8 Å². The molecule has 1 saturated heterocycles. The summed E-state index contributed by atoms with van der Waals surface area (Å²) >= 11 is 0. The molecule has 1 aliphatic rings. The van der Waals surface area contributed by atoms with Gasteiger partial charge in [0.05, 0.1) is 4.90 Å². The van der Waals surface area contributed by atoms with Crippen molar-refractivity contribution in [3.8, 4) is 22.3 Å². The lowest BCUT2D eigenvalue weighted by Crippen LogP contribution is -2.21. The number of piperidine rings is 1. The molecule has 1 fully saturated rings. The van der Waals surface area contributed by atoms with Gasteiger partial charge in [-0.3, -0.25) is 0 Å². The second kappa shape index (κ2) is 10.9. The van der Waals surface area contributed by atoms with E-state index >= 15 is 0 Å². The molecule has 0 saturated carbocycles. The van der Waals surface area contributed by atoms with Crippen LogP contribution in [-0.4, -0.2) is 34.3 Å². The average Bonchev–Trinajstić information content (AvgIpc) is 2.81. The number of nitrogens with zero attached hydrogens (tertiary/aromatic N) is 2. The van der Waals surface area contributed by atoms with Crippen LogP contribution in [0.5, 0.6) is 0 Å². The van der Waals surface area contributed by atoms with Crippen molar-refractivity contribution < 1.29 is 8.60 Å². The van der Waals surface area contributed by atoms with E-state index in [2.05, 4.69) is 20.0 Å². The van der Waals surface area contributed by atoms with Crippen LogP contribution < -0.4 is 15.8 Å². The quantitative estimate of drug-likeness (QED) is 0.592. The molecule has 0 spiro atoms. The molecule has 1 atom stereocenters. The van der Waals surface area contributed by atoms with Gasteiger partial charge < -0.3 is 11.1 Å². The maximum Gasteiger partial charge on any atom is 0.219 e. The molecule has 8 heteroatoms. The van der Waals surface area contributed by atoms with Crippen molar-refractivity contribution in [2.75, 3.05) is 25.9 Å². The standard InChI is InChI=1S/C17H15FN4OS.C5H11N/c1-20-24(23)16-5-3-2-4-14(16)11-6-7-13(15(18)8-11)12-9-21-17(19)22-10-12;1-2-4-6-5-3-1/h2-10,20H,1H3,(H2,19,21,22);6H,1-5H2. The first-order valence-corrected chi connectivity index (χ1v) is 11.0. The largest absolute Gasteiger partial charge is 0.368 e. The zero-order valence-corrected chi connectivity index (χ0v) is 17.7. The molecule has 2 heterocycles. The van der Waals surface area contributed by atoms with Crippen molar-refractivity contribution in [1.82, 2.24) is 20.0 Å². The second-order valence-corrected chi connectivity index (χ2v) is 8.19. The van der Waals surface area contributed by atoms with E-state index in [1.165, 1.54) is 50.8 Å². The van der Waals surface area contributed by atoms with Crippen LogP contribution in [0.1, 0.15) is 19.3 Å². The van der Waals surface area contributed by atoms with Gasteiger partial charge in [-0.05, 0) is 56.2 Å².